The Balaban J connectivity index is 1.78. The number of aryl methyl sites for hydroxylation is 1. The summed E-state index contributed by atoms with van der Waals surface area (Å²) in [5, 5.41) is 5.55. The highest BCUT2D eigenvalue weighted by Gasteiger charge is 2.51. The van der Waals surface area contributed by atoms with Crippen molar-refractivity contribution < 1.29 is 14.4 Å². The van der Waals surface area contributed by atoms with Crippen LogP contribution in [-0.2, 0) is 15.1 Å². The van der Waals surface area contributed by atoms with Crippen LogP contribution in [0.1, 0.15) is 24.5 Å². The smallest absolute Gasteiger partial charge is 0.324 e. The molecule has 27 heavy (non-hydrogen) atoms. The monoisotopic (exact) mass is 477 g/mol. The summed E-state index contributed by atoms with van der Waals surface area (Å²) in [6.45, 7) is 3.40. The number of amides is 4. The van der Waals surface area contributed by atoms with Crippen LogP contribution in [0.25, 0.3) is 0 Å². The molecule has 2 N–H and O–H groups in total. The number of hydrogen-bond acceptors (Lipinski definition) is 3. The number of urea groups is 1. The van der Waals surface area contributed by atoms with Gasteiger partial charge >= 0.3 is 6.03 Å². The topological polar surface area (TPSA) is 78.5 Å². The van der Waals surface area contributed by atoms with E-state index in [0.717, 1.165) is 14.0 Å². The van der Waals surface area contributed by atoms with E-state index in [4.69, 9.17) is 0 Å². The predicted molar refractivity (Wildman–Crippen MR) is 111 cm³/mol. The van der Waals surface area contributed by atoms with E-state index in [1.165, 1.54) is 0 Å². The molecule has 0 aromatic heterocycles. The zero-order valence-electron chi connectivity index (χ0n) is 15.1. The number of imide groups is 1. The van der Waals surface area contributed by atoms with Crippen LogP contribution in [0.5, 0.6) is 0 Å². The Morgan fingerprint density at radius 2 is 1.89 bits per heavy atom. The van der Waals surface area contributed by atoms with E-state index in [1.807, 2.05) is 44.2 Å². The SMILES string of the molecule is CC[C@]1(c2ccccc2)NC(=O)N(CC(=O)Nc2ccc(I)cc2C)C1=O. The first-order valence-corrected chi connectivity index (χ1v) is 9.71. The third-order valence-corrected chi connectivity index (χ3v) is 5.41. The minimum Gasteiger partial charge on any atom is -0.324 e. The largest absolute Gasteiger partial charge is 0.325 e. The van der Waals surface area contributed by atoms with E-state index in [9.17, 15) is 14.4 Å². The first kappa shape index (κ1) is 19.3. The van der Waals surface area contributed by atoms with Crippen LogP contribution in [-0.4, -0.2) is 29.3 Å². The van der Waals surface area contributed by atoms with Crippen molar-refractivity contribution in [1.29, 1.82) is 0 Å². The summed E-state index contributed by atoms with van der Waals surface area (Å²) in [7, 11) is 0. The van der Waals surface area contributed by atoms with Crippen LogP contribution in [0.15, 0.2) is 48.5 Å². The third kappa shape index (κ3) is 3.69. The minimum absolute atomic E-state index is 0.329. The molecule has 3 rings (SSSR count). The van der Waals surface area contributed by atoms with Gasteiger partial charge in [-0.2, -0.15) is 0 Å². The van der Waals surface area contributed by atoms with Gasteiger partial charge in [0.05, 0.1) is 0 Å². The Morgan fingerprint density at radius 1 is 1.19 bits per heavy atom. The molecular formula is C20H20IN3O3. The van der Waals surface area contributed by atoms with Gasteiger partial charge < -0.3 is 10.6 Å². The Morgan fingerprint density at radius 3 is 2.52 bits per heavy atom. The quantitative estimate of drug-likeness (QED) is 0.512. The van der Waals surface area contributed by atoms with Gasteiger partial charge in [-0.1, -0.05) is 37.3 Å². The van der Waals surface area contributed by atoms with Crippen LogP contribution in [0.4, 0.5) is 10.5 Å². The van der Waals surface area contributed by atoms with Crippen LogP contribution in [0.3, 0.4) is 0 Å². The Bertz CT molecular complexity index is 901. The summed E-state index contributed by atoms with van der Waals surface area (Å²) in [6.07, 6.45) is 0.399. The summed E-state index contributed by atoms with van der Waals surface area (Å²) < 4.78 is 1.06. The molecule has 1 atom stereocenters. The summed E-state index contributed by atoms with van der Waals surface area (Å²) in [5.74, 6) is -0.821. The van der Waals surface area contributed by atoms with Crippen LogP contribution in [0.2, 0.25) is 0 Å². The number of nitrogens with zero attached hydrogens (tertiary/aromatic N) is 1. The lowest BCUT2D eigenvalue weighted by Crippen LogP contribution is -2.44. The van der Waals surface area contributed by atoms with Gasteiger partial charge in [-0.15, -0.1) is 0 Å². The fourth-order valence-electron chi connectivity index (χ4n) is 3.23. The number of hydrogen-bond donors (Lipinski definition) is 2. The van der Waals surface area contributed by atoms with Crippen molar-refractivity contribution in [3.05, 3.63) is 63.2 Å². The number of carbonyl (C=O) groups is 3. The first-order chi connectivity index (χ1) is 12.9. The molecule has 0 unspecified atom stereocenters. The molecule has 4 amide bonds. The molecule has 0 spiro atoms. The Hall–Kier alpha value is -2.42. The maximum Gasteiger partial charge on any atom is 0.325 e. The molecule has 1 heterocycles. The van der Waals surface area contributed by atoms with Gasteiger partial charge in [-0.25, -0.2) is 4.79 Å². The molecule has 0 radical (unpaired) electrons. The fourth-order valence-corrected chi connectivity index (χ4v) is 3.88. The van der Waals surface area contributed by atoms with E-state index >= 15 is 0 Å². The highest BCUT2D eigenvalue weighted by Crippen LogP contribution is 2.32. The molecule has 0 aliphatic carbocycles. The van der Waals surface area contributed by atoms with Crippen molar-refractivity contribution >= 4 is 46.1 Å². The second kappa shape index (κ2) is 7.67. The van der Waals surface area contributed by atoms with Gasteiger partial charge in [0.2, 0.25) is 5.91 Å². The summed E-state index contributed by atoms with van der Waals surface area (Å²) in [5.41, 5.74) is 1.16. The lowest BCUT2D eigenvalue weighted by Gasteiger charge is -2.25. The first-order valence-electron chi connectivity index (χ1n) is 8.63. The fraction of sp³-hybridized carbons (Fsp3) is 0.250. The van der Waals surface area contributed by atoms with E-state index in [2.05, 4.69) is 33.2 Å². The van der Waals surface area contributed by atoms with E-state index in [-0.39, 0.29) is 6.54 Å². The Kier molecular flexibility index (Phi) is 5.50. The highest BCUT2D eigenvalue weighted by atomic mass is 127. The number of benzene rings is 2. The molecule has 6 nitrogen and oxygen atoms in total. The second-order valence-corrected chi connectivity index (χ2v) is 7.70. The van der Waals surface area contributed by atoms with Crippen molar-refractivity contribution in [3.8, 4) is 0 Å². The second-order valence-electron chi connectivity index (χ2n) is 6.45. The predicted octanol–water partition coefficient (Wildman–Crippen LogP) is 3.40. The summed E-state index contributed by atoms with van der Waals surface area (Å²) >= 11 is 2.20. The molecular weight excluding hydrogens is 457 g/mol. The van der Waals surface area contributed by atoms with Gasteiger partial charge in [0.1, 0.15) is 12.1 Å². The average molecular weight is 477 g/mol. The number of anilines is 1. The van der Waals surface area contributed by atoms with Gasteiger partial charge in [0, 0.05) is 9.26 Å². The Labute approximate surface area is 171 Å². The van der Waals surface area contributed by atoms with Crippen molar-refractivity contribution in [2.24, 2.45) is 0 Å². The van der Waals surface area contributed by atoms with Gasteiger partial charge in [-0.05, 0) is 65.3 Å². The summed E-state index contributed by atoms with van der Waals surface area (Å²) in [4.78, 5) is 38.9. The lowest BCUT2D eigenvalue weighted by atomic mass is 9.87. The van der Waals surface area contributed by atoms with Gasteiger partial charge in [-0.3, -0.25) is 14.5 Å². The van der Waals surface area contributed by atoms with E-state index < -0.39 is 23.4 Å². The van der Waals surface area contributed by atoms with E-state index in [1.54, 1.807) is 18.2 Å². The molecule has 140 valence electrons. The summed E-state index contributed by atoms with van der Waals surface area (Å²) in [6, 6.07) is 14.2. The van der Waals surface area contributed by atoms with Gasteiger partial charge in [0.25, 0.3) is 5.91 Å². The molecule has 1 aliphatic heterocycles. The van der Waals surface area contributed by atoms with Crippen molar-refractivity contribution in [2.75, 3.05) is 11.9 Å². The minimum atomic E-state index is -1.13. The maximum absolute atomic E-state index is 13.0. The maximum atomic E-state index is 13.0. The molecule has 1 saturated heterocycles. The average Bonchev–Trinajstić information content (AvgIpc) is 2.90. The molecule has 7 heteroatoms. The number of nitrogens with one attached hydrogen (secondary N) is 2. The van der Waals surface area contributed by atoms with Crippen LogP contribution >= 0.6 is 22.6 Å². The molecule has 1 aliphatic rings. The molecule has 1 fully saturated rings. The standard InChI is InChI=1S/C20H20IN3O3/c1-3-20(14-7-5-4-6-8-14)18(26)24(19(27)23-20)12-17(25)22-16-10-9-15(21)11-13(16)2/h4-11H,3,12H2,1-2H3,(H,22,25)(H,23,27)/t20-/m1/s1. The number of rotatable bonds is 5. The zero-order valence-corrected chi connectivity index (χ0v) is 17.2. The molecule has 2 aromatic rings. The molecule has 2 aromatic carbocycles. The van der Waals surface area contributed by atoms with E-state index in [0.29, 0.717) is 17.7 Å². The highest BCUT2D eigenvalue weighted by molar-refractivity contribution is 14.1. The lowest BCUT2D eigenvalue weighted by molar-refractivity contribution is -0.134. The van der Waals surface area contributed by atoms with Crippen LogP contribution < -0.4 is 10.6 Å². The third-order valence-electron chi connectivity index (χ3n) is 4.74. The van der Waals surface area contributed by atoms with Crippen molar-refractivity contribution in [2.45, 2.75) is 25.8 Å². The van der Waals surface area contributed by atoms with Crippen LogP contribution in [0, 0.1) is 10.5 Å². The number of carbonyl (C=O) groups excluding carboxylic acids is 3. The molecule has 0 bridgehead atoms. The zero-order chi connectivity index (χ0) is 19.6. The molecule has 0 saturated carbocycles. The van der Waals surface area contributed by atoms with Crippen molar-refractivity contribution in [1.82, 2.24) is 10.2 Å². The van der Waals surface area contributed by atoms with Gasteiger partial charge in [0.15, 0.2) is 0 Å². The van der Waals surface area contributed by atoms with Crippen molar-refractivity contribution in [3.63, 3.8) is 0 Å². The number of halogens is 1. The normalized spacial score (nSPS) is 19.1.